The standard InChI is InChI=1S/C14H21N5O2/c1-14(12(21)15-2)4-7-19(9-14)11(20)10-8-18-6-3-5-16-13(18)17-10/h8H,3-7,9H2,1-2H3,(H,15,21)(H,16,17). The van der Waals surface area contributed by atoms with Gasteiger partial charge < -0.3 is 20.1 Å². The van der Waals surface area contributed by atoms with Crippen LogP contribution in [0.5, 0.6) is 0 Å². The Hall–Kier alpha value is -2.05. The monoisotopic (exact) mass is 291 g/mol. The minimum absolute atomic E-state index is 0.0106. The van der Waals surface area contributed by atoms with Crippen LogP contribution in [0.2, 0.25) is 0 Å². The number of anilines is 1. The summed E-state index contributed by atoms with van der Waals surface area (Å²) in [6.45, 7) is 4.72. The van der Waals surface area contributed by atoms with Crippen LogP contribution >= 0.6 is 0 Å². The molecule has 0 aliphatic carbocycles. The molecule has 0 radical (unpaired) electrons. The van der Waals surface area contributed by atoms with Gasteiger partial charge in [0.25, 0.3) is 5.91 Å². The van der Waals surface area contributed by atoms with Crippen molar-refractivity contribution in [3.63, 3.8) is 0 Å². The molecule has 2 N–H and O–H groups in total. The molecule has 1 fully saturated rings. The number of aryl methyl sites for hydroxylation is 1. The quantitative estimate of drug-likeness (QED) is 0.821. The van der Waals surface area contributed by atoms with Crippen LogP contribution in [0.15, 0.2) is 6.20 Å². The fourth-order valence-corrected chi connectivity index (χ4v) is 3.06. The molecular formula is C14H21N5O2. The first-order valence-electron chi connectivity index (χ1n) is 7.36. The second kappa shape index (κ2) is 5.05. The van der Waals surface area contributed by atoms with E-state index in [2.05, 4.69) is 15.6 Å². The number of imidazole rings is 1. The van der Waals surface area contributed by atoms with Crippen molar-refractivity contribution in [1.29, 1.82) is 0 Å². The van der Waals surface area contributed by atoms with Crippen LogP contribution in [0, 0.1) is 5.41 Å². The number of hydrogen-bond acceptors (Lipinski definition) is 4. The SMILES string of the molecule is CNC(=O)C1(C)CCN(C(=O)c2cn3c(n2)NCCC3)C1. The lowest BCUT2D eigenvalue weighted by molar-refractivity contribution is -0.128. The van der Waals surface area contributed by atoms with Gasteiger partial charge in [0.1, 0.15) is 5.69 Å². The molecular weight excluding hydrogens is 270 g/mol. The van der Waals surface area contributed by atoms with Crippen molar-refractivity contribution in [1.82, 2.24) is 19.8 Å². The first-order valence-corrected chi connectivity index (χ1v) is 7.36. The molecule has 0 bridgehead atoms. The predicted molar refractivity (Wildman–Crippen MR) is 78.0 cm³/mol. The summed E-state index contributed by atoms with van der Waals surface area (Å²) in [7, 11) is 1.63. The fourth-order valence-electron chi connectivity index (χ4n) is 3.06. The minimum atomic E-state index is -0.498. The van der Waals surface area contributed by atoms with Gasteiger partial charge in [-0.15, -0.1) is 0 Å². The number of fused-ring (bicyclic) bond motifs is 1. The molecule has 7 nitrogen and oxygen atoms in total. The van der Waals surface area contributed by atoms with Gasteiger partial charge in [0, 0.05) is 39.4 Å². The van der Waals surface area contributed by atoms with Gasteiger partial charge in [0.2, 0.25) is 11.9 Å². The average Bonchev–Trinajstić information content (AvgIpc) is 3.10. The Morgan fingerprint density at radius 3 is 2.95 bits per heavy atom. The molecule has 2 aliphatic rings. The van der Waals surface area contributed by atoms with Crippen LogP contribution in [0.4, 0.5) is 5.95 Å². The Balaban J connectivity index is 1.74. The maximum absolute atomic E-state index is 12.6. The second-order valence-electron chi connectivity index (χ2n) is 6.04. The molecule has 1 saturated heterocycles. The Bertz CT molecular complexity index is 558. The molecule has 114 valence electrons. The third-order valence-electron chi connectivity index (χ3n) is 4.39. The molecule has 1 atom stereocenters. The van der Waals surface area contributed by atoms with Crippen molar-refractivity contribution < 1.29 is 9.59 Å². The molecule has 3 rings (SSSR count). The molecule has 0 aromatic carbocycles. The van der Waals surface area contributed by atoms with E-state index in [1.165, 1.54) is 0 Å². The lowest BCUT2D eigenvalue weighted by Crippen LogP contribution is -2.40. The fraction of sp³-hybridized carbons (Fsp3) is 0.643. The van der Waals surface area contributed by atoms with Crippen molar-refractivity contribution in [2.45, 2.75) is 26.3 Å². The summed E-state index contributed by atoms with van der Waals surface area (Å²) in [5, 5.41) is 5.87. The Labute approximate surface area is 123 Å². The lowest BCUT2D eigenvalue weighted by atomic mass is 9.89. The Kier molecular flexibility index (Phi) is 3.35. The molecule has 0 spiro atoms. The maximum Gasteiger partial charge on any atom is 0.274 e. The lowest BCUT2D eigenvalue weighted by Gasteiger charge is -2.22. The van der Waals surface area contributed by atoms with Crippen molar-refractivity contribution in [3.05, 3.63) is 11.9 Å². The molecule has 7 heteroatoms. The summed E-state index contributed by atoms with van der Waals surface area (Å²) < 4.78 is 1.98. The largest absolute Gasteiger partial charge is 0.359 e. The number of amides is 2. The molecule has 1 unspecified atom stereocenters. The van der Waals surface area contributed by atoms with Gasteiger partial charge in [-0.1, -0.05) is 0 Å². The number of aromatic nitrogens is 2. The molecule has 1 aromatic heterocycles. The normalized spacial score (nSPS) is 24.4. The van der Waals surface area contributed by atoms with E-state index in [9.17, 15) is 9.59 Å². The second-order valence-corrected chi connectivity index (χ2v) is 6.04. The summed E-state index contributed by atoms with van der Waals surface area (Å²) in [6, 6.07) is 0. The van der Waals surface area contributed by atoms with E-state index < -0.39 is 5.41 Å². The first kappa shape index (κ1) is 13.9. The average molecular weight is 291 g/mol. The zero-order valence-electron chi connectivity index (χ0n) is 12.5. The van der Waals surface area contributed by atoms with Crippen molar-refractivity contribution in [2.24, 2.45) is 5.41 Å². The Morgan fingerprint density at radius 1 is 1.43 bits per heavy atom. The number of likely N-dealkylation sites (tertiary alicyclic amines) is 1. The molecule has 1 aromatic rings. The molecule has 2 amide bonds. The highest BCUT2D eigenvalue weighted by molar-refractivity contribution is 5.94. The van der Waals surface area contributed by atoms with E-state index in [0.29, 0.717) is 25.2 Å². The number of carbonyl (C=O) groups excluding carboxylic acids is 2. The molecule has 2 aliphatic heterocycles. The van der Waals surface area contributed by atoms with Crippen LogP contribution in [-0.2, 0) is 11.3 Å². The summed E-state index contributed by atoms with van der Waals surface area (Å²) in [5.41, 5.74) is -0.0392. The van der Waals surface area contributed by atoms with E-state index >= 15 is 0 Å². The molecule has 21 heavy (non-hydrogen) atoms. The van der Waals surface area contributed by atoms with E-state index in [-0.39, 0.29) is 11.8 Å². The van der Waals surface area contributed by atoms with Crippen LogP contribution < -0.4 is 10.6 Å². The van der Waals surface area contributed by atoms with Crippen LogP contribution in [0.25, 0.3) is 0 Å². The summed E-state index contributed by atoms with van der Waals surface area (Å²) in [6.07, 6.45) is 3.53. The van der Waals surface area contributed by atoms with Gasteiger partial charge in [-0.25, -0.2) is 4.98 Å². The zero-order valence-corrected chi connectivity index (χ0v) is 12.5. The summed E-state index contributed by atoms with van der Waals surface area (Å²) in [4.78, 5) is 30.6. The van der Waals surface area contributed by atoms with E-state index in [1.54, 1.807) is 18.1 Å². The highest BCUT2D eigenvalue weighted by atomic mass is 16.2. The van der Waals surface area contributed by atoms with Crippen molar-refractivity contribution in [2.75, 3.05) is 32.0 Å². The van der Waals surface area contributed by atoms with Gasteiger partial charge in [0.15, 0.2) is 0 Å². The van der Waals surface area contributed by atoms with Gasteiger partial charge in [-0.2, -0.15) is 0 Å². The Morgan fingerprint density at radius 2 is 2.24 bits per heavy atom. The van der Waals surface area contributed by atoms with Crippen LogP contribution in [-0.4, -0.2) is 52.9 Å². The van der Waals surface area contributed by atoms with Crippen molar-refractivity contribution in [3.8, 4) is 0 Å². The third-order valence-corrected chi connectivity index (χ3v) is 4.39. The van der Waals surface area contributed by atoms with Crippen LogP contribution in [0.1, 0.15) is 30.3 Å². The molecule has 0 saturated carbocycles. The minimum Gasteiger partial charge on any atom is -0.359 e. The number of hydrogen-bond donors (Lipinski definition) is 2. The highest BCUT2D eigenvalue weighted by Crippen LogP contribution is 2.31. The van der Waals surface area contributed by atoms with Gasteiger partial charge in [-0.05, 0) is 19.8 Å². The smallest absolute Gasteiger partial charge is 0.274 e. The number of nitrogens with zero attached hydrogens (tertiary/aromatic N) is 3. The predicted octanol–water partition coefficient (Wildman–Crippen LogP) is 0.297. The van der Waals surface area contributed by atoms with Crippen LogP contribution in [0.3, 0.4) is 0 Å². The van der Waals surface area contributed by atoms with Gasteiger partial charge >= 0.3 is 0 Å². The molecule has 3 heterocycles. The maximum atomic E-state index is 12.6. The van der Waals surface area contributed by atoms with Gasteiger partial charge in [0.05, 0.1) is 5.41 Å². The zero-order chi connectivity index (χ0) is 15.0. The topological polar surface area (TPSA) is 79.3 Å². The van der Waals surface area contributed by atoms with E-state index in [1.807, 2.05) is 11.5 Å². The van der Waals surface area contributed by atoms with Crippen molar-refractivity contribution >= 4 is 17.8 Å². The number of carbonyl (C=O) groups is 2. The number of rotatable bonds is 2. The third kappa shape index (κ3) is 2.36. The highest BCUT2D eigenvalue weighted by Gasteiger charge is 2.42. The first-order chi connectivity index (χ1) is 10.0. The summed E-state index contributed by atoms with van der Waals surface area (Å²) in [5.74, 6) is 0.660. The van der Waals surface area contributed by atoms with E-state index in [0.717, 1.165) is 25.5 Å². The summed E-state index contributed by atoms with van der Waals surface area (Å²) >= 11 is 0. The van der Waals surface area contributed by atoms with Gasteiger partial charge in [-0.3, -0.25) is 9.59 Å². The number of nitrogens with one attached hydrogen (secondary N) is 2. The van der Waals surface area contributed by atoms with E-state index in [4.69, 9.17) is 0 Å².